The largest absolute Gasteiger partial charge is 0.440 e. The van der Waals surface area contributed by atoms with E-state index in [1.807, 2.05) is 6.07 Å². The maximum atomic E-state index is 5.69. The minimum atomic E-state index is 0.596. The third-order valence-corrected chi connectivity index (χ3v) is 3.18. The third kappa shape index (κ3) is 2.28. The number of anilines is 1. The van der Waals surface area contributed by atoms with E-state index < -0.39 is 0 Å². The summed E-state index contributed by atoms with van der Waals surface area (Å²) < 4.78 is 5.60. The Morgan fingerprint density at radius 3 is 2.89 bits per heavy atom. The Kier molecular flexibility index (Phi) is 2.85. The van der Waals surface area contributed by atoms with Gasteiger partial charge in [-0.25, -0.2) is 15.0 Å². The number of oxazole rings is 1. The zero-order valence-corrected chi connectivity index (χ0v) is 10.2. The molecule has 0 atom stereocenters. The molecule has 3 rings (SSSR count). The van der Waals surface area contributed by atoms with Crippen molar-refractivity contribution in [3.8, 4) is 0 Å². The Labute approximate surface area is 107 Å². The molecule has 0 aliphatic rings. The van der Waals surface area contributed by atoms with E-state index in [1.54, 1.807) is 30.6 Å². The quantitative estimate of drug-likeness (QED) is 0.442. The van der Waals surface area contributed by atoms with Gasteiger partial charge in [-0.1, -0.05) is 11.8 Å². The smallest absolute Gasteiger partial charge is 0.205 e. The van der Waals surface area contributed by atoms with Crippen LogP contribution in [0.4, 0.5) is 5.69 Å². The maximum absolute atomic E-state index is 5.69. The molecule has 0 saturated carbocycles. The van der Waals surface area contributed by atoms with Crippen LogP contribution in [0.2, 0.25) is 0 Å². The Bertz CT molecular complexity index is 668. The van der Waals surface area contributed by atoms with Gasteiger partial charge in [-0.3, -0.25) is 0 Å². The van der Waals surface area contributed by atoms with Crippen LogP contribution in [0.5, 0.6) is 0 Å². The van der Waals surface area contributed by atoms with Crippen molar-refractivity contribution in [2.24, 2.45) is 0 Å². The second-order valence-corrected chi connectivity index (χ2v) is 4.60. The SMILES string of the molecule is Nc1ccc2oc(CSc3ncccn3)nc2c1. The molecule has 90 valence electrons. The second kappa shape index (κ2) is 4.66. The summed E-state index contributed by atoms with van der Waals surface area (Å²) in [5.74, 6) is 1.24. The molecule has 3 aromatic rings. The van der Waals surface area contributed by atoms with E-state index in [1.165, 1.54) is 11.8 Å². The molecular weight excluding hydrogens is 248 g/mol. The van der Waals surface area contributed by atoms with Crippen LogP contribution in [0.15, 0.2) is 46.2 Å². The average molecular weight is 258 g/mol. The minimum Gasteiger partial charge on any atom is -0.440 e. The maximum Gasteiger partial charge on any atom is 0.205 e. The van der Waals surface area contributed by atoms with Gasteiger partial charge >= 0.3 is 0 Å². The number of thioether (sulfide) groups is 1. The second-order valence-electron chi connectivity index (χ2n) is 3.65. The summed E-state index contributed by atoms with van der Waals surface area (Å²) in [6.45, 7) is 0. The summed E-state index contributed by atoms with van der Waals surface area (Å²) in [4.78, 5) is 12.6. The Morgan fingerprint density at radius 2 is 2.06 bits per heavy atom. The van der Waals surface area contributed by atoms with Crippen LogP contribution < -0.4 is 5.73 Å². The zero-order chi connectivity index (χ0) is 12.4. The number of nitrogens with zero attached hydrogens (tertiary/aromatic N) is 3. The lowest BCUT2D eigenvalue weighted by atomic mass is 10.3. The first-order chi connectivity index (χ1) is 8.81. The molecule has 2 heterocycles. The summed E-state index contributed by atoms with van der Waals surface area (Å²) in [5.41, 5.74) is 7.89. The van der Waals surface area contributed by atoms with Crippen molar-refractivity contribution in [1.29, 1.82) is 0 Å². The molecule has 0 fully saturated rings. The van der Waals surface area contributed by atoms with Crippen molar-refractivity contribution >= 4 is 28.5 Å². The Morgan fingerprint density at radius 1 is 1.22 bits per heavy atom. The van der Waals surface area contributed by atoms with Crippen LogP contribution in [0.1, 0.15) is 5.89 Å². The molecule has 0 amide bonds. The van der Waals surface area contributed by atoms with E-state index in [2.05, 4.69) is 15.0 Å². The summed E-state index contributed by atoms with van der Waals surface area (Å²) in [5, 5.41) is 0.708. The van der Waals surface area contributed by atoms with Gasteiger partial charge < -0.3 is 10.2 Å². The highest BCUT2D eigenvalue weighted by Crippen LogP contribution is 2.23. The normalized spacial score (nSPS) is 10.9. The number of fused-ring (bicyclic) bond motifs is 1. The van der Waals surface area contributed by atoms with E-state index in [9.17, 15) is 0 Å². The number of nitrogen functional groups attached to an aromatic ring is 1. The number of rotatable bonds is 3. The number of benzene rings is 1. The number of hydrogen-bond acceptors (Lipinski definition) is 6. The summed E-state index contributed by atoms with van der Waals surface area (Å²) >= 11 is 1.48. The molecule has 0 unspecified atom stereocenters. The van der Waals surface area contributed by atoms with Gasteiger partial charge in [0.05, 0.1) is 5.75 Å². The van der Waals surface area contributed by atoms with Crippen molar-refractivity contribution in [3.63, 3.8) is 0 Å². The molecule has 1 aromatic carbocycles. The molecule has 0 spiro atoms. The highest BCUT2D eigenvalue weighted by molar-refractivity contribution is 7.98. The molecule has 2 N–H and O–H groups in total. The monoisotopic (exact) mass is 258 g/mol. The Balaban J connectivity index is 1.79. The van der Waals surface area contributed by atoms with Gasteiger partial charge in [0.2, 0.25) is 5.89 Å². The van der Waals surface area contributed by atoms with Gasteiger partial charge in [0.1, 0.15) is 5.52 Å². The van der Waals surface area contributed by atoms with Gasteiger partial charge in [-0.2, -0.15) is 0 Å². The van der Waals surface area contributed by atoms with E-state index in [-0.39, 0.29) is 0 Å². The third-order valence-electron chi connectivity index (χ3n) is 2.32. The fraction of sp³-hybridized carbons (Fsp3) is 0.0833. The lowest BCUT2D eigenvalue weighted by molar-refractivity contribution is 0.556. The summed E-state index contributed by atoms with van der Waals surface area (Å²) in [6.07, 6.45) is 3.42. The van der Waals surface area contributed by atoms with E-state index in [0.717, 1.165) is 11.1 Å². The zero-order valence-electron chi connectivity index (χ0n) is 9.41. The van der Waals surface area contributed by atoms with E-state index in [4.69, 9.17) is 10.2 Å². The fourth-order valence-corrected chi connectivity index (χ4v) is 2.19. The van der Waals surface area contributed by atoms with E-state index in [0.29, 0.717) is 22.5 Å². The van der Waals surface area contributed by atoms with Crippen LogP contribution in [0, 0.1) is 0 Å². The van der Waals surface area contributed by atoms with Crippen LogP contribution >= 0.6 is 11.8 Å². The molecule has 0 radical (unpaired) electrons. The van der Waals surface area contributed by atoms with Crippen molar-refractivity contribution in [2.45, 2.75) is 10.9 Å². The molecule has 2 aromatic heterocycles. The van der Waals surface area contributed by atoms with Crippen molar-refractivity contribution in [1.82, 2.24) is 15.0 Å². The minimum absolute atomic E-state index is 0.596. The fourth-order valence-electron chi connectivity index (χ4n) is 1.54. The highest BCUT2D eigenvalue weighted by atomic mass is 32.2. The van der Waals surface area contributed by atoms with Gasteiger partial charge in [0, 0.05) is 18.1 Å². The highest BCUT2D eigenvalue weighted by Gasteiger charge is 2.07. The van der Waals surface area contributed by atoms with Crippen LogP contribution in [0.3, 0.4) is 0 Å². The molecule has 5 nitrogen and oxygen atoms in total. The van der Waals surface area contributed by atoms with Crippen molar-refractivity contribution in [2.75, 3.05) is 5.73 Å². The number of hydrogen-bond donors (Lipinski definition) is 1. The molecule has 18 heavy (non-hydrogen) atoms. The molecular formula is C12H10N4OS. The van der Waals surface area contributed by atoms with Gasteiger partial charge in [-0.15, -0.1) is 0 Å². The van der Waals surface area contributed by atoms with Crippen molar-refractivity contribution < 1.29 is 4.42 Å². The summed E-state index contributed by atoms with van der Waals surface area (Å²) in [7, 11) is 0. The first-order valence-electron chi connectivity index (χ1n) is 5.36. The lowest BCUT2D eigenvalue weighted by Gasteiger charge is -1.94. The standard InChI is InChI=1S/C12H10N4OS/c13-8-2-3-10-9(6-8)16-11(17-10)7-18-12-14-4-1-5-15-12/h1-6H,7,13H2. The predicted molar refractivity (Wildman–Crippen MR) is 70.0 cm³/mol. The number of nitrogens with two attached hydrogens (primary N) is 1. The van der Waals surface area contributed by atoms with Crippen molar-refractivity contribution in [3.05, 3.63) is 42.5 Å². The van der Waals surface area contributed by atoms with Gasteiger partial charge in [0.15, 0.2) is 10.7 Å². The molecule has 6 heteroatoms. The first kappa shape index (κ1) is 11.0. The molecule has 0 aliphatic heterocycles. The van der Waals surface area contributed by atoms with Crippen LogP contribution in [0.25, 0.3) is 11.1 Å². The van der Waals surface area contributed by atoms with Crippen LogP contribution in [-0.4, -0.2) is 15.0 Å². The predicted octanol–water partition coefficient (Wildman–Crippen LogP) is 2.49. The molecule has 0 bridgehead atoms. The first-order valence-corrected chi connectivity index (χ1v) is 6.34. The van der Waals surface area contributed by atoms with Crippen LogP contribution in [-0.2, 0) is 5.75 Å². The number of aromatic nitrogens is 3. The van der Waals surface area contributed by atoms with E-state index >= 15 is 0 Å². The molecule has 0 aliphatic carbocycles. The lowest BCUT2D eigenvalue weighted by Crippen LogP contribution is -1.85. The topological polar surface area (TPSA) is 77.8 Å². The average Bonchev–Trinajstić information content (AvgIpc) is 2.79. The van der Waals surface area contributed by atoms with Gasteiger partial charge in [-0.05, 0) is 24.3 Å². The summed E-state index contributed by atoms with van der Waals surface area (Å²) in [6, 6.07) is 7.20. The Hall–Kier alpha value is -2.08. The van der Waals surface area contributed by atoms with Gasteiger partial charge in [0.25, 0.3) is 0 Å². The molecule has 0 saturated heterocycles.